The highest BCUT2D eigenvalue weighted by Crippen LogP contribution is 2.08. The Morgan fingerprint density at radius 3 is 3.08 bits per heavy atom. The maximum absolute atomic E-state index is 4.10. The Kier molecular flexibility index (Phi) is 3.08. The van der Waals surface area contributed by atoms with Crippen molar-refractivity contribution in [1.29, 1.82) is 0 Å². The van der Waals surface area contributed by atoms with Crippen LogP contribution in [0.25, 0.3) is 0 Å². The largest absolute Gasteiger partial charge is 0.308 e. The summed E-state index contributed by atoms with van der Waals surface area (Å²) in [5.41, 5.74) is 3.14. The van der Waals surface area contributed by atoms with E-state index < -0.39 is 0 Å². The Labute approximate surface area is 73.0 Å². The molecule has 0 aromatic carbocycles. The molecule has 0 radical (unpaired) electrons. The van der Waals surface area contributed by atoms with Crippen molar-refractivity contribution in [2.75, 3.05) is 12.0 Å². The van der Waals surface area contributed by atoms with E-state index in [0.717, 1.165) is 18.8 Å². The van der Waals surface area contributed by atoms with Crippen LogP contribution in [0.15, 0.2) is 6.33 Å². The molecule has 1 aliphatic rings. The molecule has 1 unspecified atom stereocenters. The van der Waals surface area contributed by atoms with Crippen molar-refractivity contribution < 1.29 is 0 Å². The third-order valence-electron chi connectivity index (χ3n) is 1.74. The van der Waals surface area contributed by atoms with Gasteiger partial charge in [0, 0.05) is 13.0 Å². The first-order valence-corrected chi connectivity index (χ1v) is 4.49. The number of hydrogen-bond donors (Lipinski definition) is 1. The first-order valence-electron chi connectivity index (χ1n) is 4.49. The summed E-state index contributed by atoms with van der Waals surface area (Å²) >= 11 is 0. The first kappa shape index (κ1) is 9.03. The third-order valence-corrected chi connectivity index (χ3v) is 1.74. The lowest BCUT2D eigenvalue weighted by atomic mass is 10.1. The summed E-state index contributed by atoms with van der Waals surface area (Å²) in [6.07, 6.45) is 2.62. The van der Waals surface area contributed by atoms with Gasteiger partial charge in [-0.2, -0.15) is 4.79 Å². The van der Waals surface area contributed by atoms with Crippen molar-refractivity contribution in [2.45, 2.75) is 27.2 Å². The normalized spacial score (nSPS) is 20.1. The van der Waals surface area contributed by atoms with Gasteiger partial charge >= 0.3 is 0 Å². The van der Waals surface area contributed by atoms with Crippen LogP contribution in [-0.2, 0) is 6.42 Å². The van der Waals surface area contributed by atoms with Gasteiger partial charge in [0.25, 0.3) is 0 Å². The van der Waals surface area contributed by atoms with Gasteiger partial charge in [0.2, 0.25) is 0 Å². The molecule has 0 amide bonds. The fourth-order valence-electron chi connectivity index (χ4n) is 1.16. The number of rotatable bonds is 0. The Morgan fingerprint density at radius 1 is 1.58 bits per heavy atom. The average Bonchev–Trinajstić information content (AvgIpc) is 2.54. The van der Waals surface area contributed by atoms with Gasteiger partial charge in [0.05, 0.1) is 0 Å². The van der Waals surface area contributed by atoms with Crippen LogP contribution >= 0.6 is 0 Å². The maximum Gasteiger partial charge on any atom is 0.150 e. The van der Waals surface area contributed by atoms with Crippen LogP contribution in [0.2, 0.25) is 0 Å². The van der Waals surface area contributed by atoms with E-state index in [-0.39, 0.29) is 0 Å². The second kappa shape index (κ2) is 4.09. The van der Waals surface area contributed by atoms with E-state index >= 15 is 0 Å². The molecule has 0 aliphatic carbocycles. The van der Waals surface area contributed by atoms with Gasteiger partial charge in [0.15, 0.2) is 0 Å². The van der Waals surface area contributed by atoms with E-state index in [0.29, 0.717) is 5.92 Å². The number of fused-ring (bicyclic) bond motifs is 1. The van der Waals surface area contributed by atoms with Crippen LogP contribution in [0.1, 0.15) is 26.6 Å². The lowest BCUT2D eigenvalue weighted by molar-refractivity contribution is 0.484. The van der Waals surface area contributed by atoms with E-state index in [1.165, 1.54) is 0 Å². The molecule has 1 atom stereocenters. The quantitative estimate of drug-likeness (QED) is 0.629. The number of nitrogens with zero attached hydrogens (tertiary/aromatic N) is 3. The molecule has 2 rings (SSSR count). The Balaban J connectivity index is 0.000000336. The molecule has 0 saturated carbocycles. The van der Waals surface area contributed by atoms with E-state index in [1.807, 2.05) is 13.8 Å². The SMILES string of the molecule is CC.CC1CNn2ncnc2C1. The van der Waals surface area contributed by atoms with Crippen LogP contribution in [-0.4, -0.2) is 21.4 Å². The van der Waals surface area contributed by atoms with Crippen molar-refractivity contribution in [3.63, 3.8) is 0 Å². The second-order valence-electron chi connectivity index (χ2n) is 2.76. The van der Waals surface area contributed by atoms with Crippen molar-refractivity contribution >= 4 is 0 Å². The summed E-state index contributed by atoms with van der Waals surface area (Å²) in [6.45, 7) is 7.20. The first-order chi connectivity index (χ1) is 5.86. The molecule has 68 valence electrons. The fraction of sp³-hybridized carbons (Fsp3) is 0.750. The van der Waals surface area contributed by atoms with Gasteiger partial charge in [-0.3, -0.25) is 0 Å². The summed E-state index contributed by atoms with van der Waals surface area (Å²) in [7, 11) is 0. The minimum Gasteiger partial charge on any atom is -0.308 e. The Bertz CT molecular complexity index is 231. The molecule has 12 heavy (non-hydrogen) atoms. The molecule has 0 fully saturated rings. The lowest BCUT2D eigenvalue weighted by Gasteiger charge is -2.19. The van der Waals surface area contributed by atoms with Crippen LogP contribution < -0.4 is 5.43 Å². The number of hydrogen-bond acceptors (Lipinski definition) is 3. The van der Waals surface area contributed by atoms with Crippen molar-refractivity contribution in [1.82, 2.24) is 14.9 Å². The molecule has 1 aromatic rings. The van der Waals surface area contributed by atoms with Crippen LogP contribution in [0, 0.1) is 5.92 Å². The summed E-state index contributed by atoms with van der Waals surface area (Å²) < 4.78 is 0. The minimum absolute atomic E-state index is 0.677. The zero-order valence-corrected chi connectivity index (χ0v) is 7.91. The molecule has 1 N–H and O–H groups in total. The van der Waals surface area contributed by atoms with E-state index in [4.69, 9.17) is 0 Å². The van der Waals surface area contributed by atoms with Gasteiger partial charge in [-0.05, 0) is 5.92 Å². The van der Waals surface area contributed by atoms with Gasteiger partial charge in [-0.15, -0.1) is 5.10 Å². The summed E-state index contributed by atoms with van der Waals surface area (Å²) in [6, 6.07) is 0. The highest BCUT2D eigenvalue weighted by Gasteiger charge is 2.14. The van der Waals surface area contributed by atoms with E-state index in [1.54, 1.807) is 11.1 Å². The molecule has 0 spiro atoms. The van der Waals surface area contributed by atoms with Crippen molar-refractivity contribution in [3.05, 3.63) is 12.2 Å². The standard InChI is InChI=1S/C6H10N4.C2H6/c1-5-2-6-7-4-9-10(6)8-3-5;1-2/h4-5,8H,2-3H2,1H3;1-2H3. The lowest BCUT2D eigenvalue weighted by Crippen LogP contribution is -2.31. The number of aromatic nitrogens is 3. The van der Waals surface area contributed by atoms with Gasteiger partial charge in [-0.1, -0.05) is 20.8 Å². The van der Waals surface area contributed by atoms with Crippen LogP contribution in [0.5, 0.6) is 0 Å². The Morgan fingerprint density at radius 2 is 2.33 bits per heavy atom. The fourth-order valence-corrected chi connectivity index (χ4v) is 1.16. The minimum atomic E-state index is 0.677. The van der Waals surface area contributed by atoms with E-state index in [9.17, 15) is 0 Å². The third kappa shape index (κ3) is 1.75. The predicted molar refractivity (Wildman–Crippen MR) is 48.5 cm³/mol. The zero-order chi connectivity index (χ0) is 8.97. The molecule has 4 nitrogen and oxygen atoms in total. The molecule has 1 aliphatic heterocycles. The van der Waals surface area contributed by atoms with Crippen molar-refractivity contribution in [2.24, 2.45) is 5.92 Å². The highest BCUT2D eigenvalue weighted by atomic mass is 15.6. The summed E-state index contributed by atoms with van der Waals surface area (Å²) in [5.74, 6) is 1.72. The Hall–Kier alpha value is -1.06. The average molecular weight is 168 g/mol. The molecular weight excluding hydrogens is 152 g/mol. The molecule has 0 saturated heterocycles. The molecule has 4 heteroatoms. The summed E-state index contributed by atoms with van der Waals surface area (Å²) in [5, 5.41) is 3.99. The van der Waals surface area contributed by atoms with E-state index in [2.05, 4.69) is 22.4 Å². The summed E-state index contributed by atoms with van der Waals surface area (Å²) in [4.78, 5) is 5.85. The molecule has 1 aromatic heterocycles. The molecular formula is C8H16N4. The molecule has 2 heterocycles. The predicted octanol–water partition coefficient (Wildman–Crippen LogP) is 1.04. The van der Waals surface area contributed by atoms with Crippen LogP contribution in [0.3, 0.4) is 0 Å². The smallest absolute Gasteiger partial charge is 0.150 e. The highest BCUT2D eigenvalue weighted by molar-refractivity contribution is 4.95. The van der Waals surface area contributed by atoms with Crippen molar-refractivity contribution in [3.8, 4) is 0 Å². The number of nitrogens with one attached hydrogen (secondary N) is 1. The van der Waals surface area contributed by atoms with Gasteiger partial charge in [0.1, 0.15) is 12.2 Å². The van der Waals surface area contributed by atoms with Gasteiger partial charge in [-0.25, -0.2) is 4.98 Å². The zero-order valence-electron chi connectivity index (χ0n) is 7.91. The molecule has 0 bridgehead atoms. The second-order valence-corrected chi connectivity index (χ2v) is 2.76. The van der Waals surface area contributed by atoms with Gasteiger partial charge < -0.3 is 5.43 Å². The maximum atomic E-state index is 4.10. The van der Waals surface area contributed by atoms with Crippen LogP contribution in [0.4, 0.5) is 0 Å². The topological polar surface area (TPSA) is 42.7 Å². The monoisotopic (exact) mass is 168 g/mol.